The van der Waals surface area contributed by atoms with Crippen molar-refractivity contribution < 1.29 is 14.0 Å². The van der Waals surface area contributed by atoms with Gasteiger partial charge in [-0.05, 0) is 79.8 Å². The Balaban J connectivity index is 0.000000251. The van der Waals surface area contributed by atoms with Gasteiger partial charge in [0.25, 0.3) is 0 Å². The van der Waals surface area contributed by atoms with Crippen LogP contribution in [0.25, 0.3) is 0 Å². The maximum absolute atomic E-state index is 9.91. The number of halogens is 1. The van der Waals surface area contributed by atoms with E-state index in [4.69, 9.17) is 31.7 Å². The Labute approximate surface area is 218 Å². The minimum atomic E-state index is 0.0655. The van der Waals surface area contributed by atoms with Gasteiger partial charge >= 0.3 is 0 Å². The molecule has 2 aromatic rings. The molecule has 9 heteroatoms. The van der Waals surface area contributed by atoms with Gasteiger partial charge in [0.2, 0.25) is 5.88 Å². The molecule has 3 rings (SSSR count). The van der Waals surface area contributed by atoms with Crippen molar-refractivity contribution in [2.45, 2.75) is 72.8 Å². The quantitative estimate of drug-likeness (QED) is 0.137. The second kappa shape index (κ2) is 13.7. The molecule has 1 aliphatic rings. The third kappa shape index (κ3) is 9.35. The number of hydrogen-bond acceptors (Lipinski definition) is 7. The van der Waals surface area contributed by atoms with Crippen molar-refractivity contribution in [2.24, 2.45) is 16.0 Å². The molecule has 1 unspecified atom stereocenters. The van der Waals surface area contributed by atoms with Crippen LogP contribution in [-0.2, 0) is 4.18 Å². The van der Waals surface area contributed by atoms with E-state index in [1.165, 1.54) is 5.56 Å². The number of aromatic hydroxyl groups is 1. The van der Waals surface area contributed by atoms with Crippen LogP contribution in [0.5, 0.6) is 11.6 Å². The summed E-state index contributed by atoms with van der Waals surface area (Å²) in [7, 11) is 0. The van der Waals surface area contributed by atoms with Gasteiger partial charge in [0.1, 0.15) is 28.8 Å². The summed E-state index contributed by atoms with van der Waals surface area (Å²) in [4.78, 5) is 4.27. The highest BCUT2D eigenvalue weighted by Gasteiger charge is 2.23. The Morgan fingerprint density at radius 3 is 2.51 bits per heavy atom. The fourth-order valence-electron chi connectivity index (χ4n) is 2.93. The van der Waals surface area contributed by atoms with Crippen molar-refractivity contribution >= 4 is 35.4 Å². The SMILES string of the molecule is CC(=N)c1cc(/C(N)=N/SOC2CC2)c(O)cc1C.CCC(C)c1cnc(OCC(C)C)c(Cl)c1. The normalized spacial score (nSPS) is 14.3. The van der Waals surface area contributed by atoms with Crippen molar-refractivity contribution in [1.29, 1.82) is 5.41 Å². The smallest absolute Gasteiger partial charge is 0.232 e. The predicted molar refractivity (Wildman–Crippen MR) is 146 cm³/mol. The summed E-state index contributed by atoms with van der Waals surface area (Å²) in [6.45, 7) is 12.7. The molecule has 1 atom stereocenters. The van der Waals surface area contributed by atoms with E-state index < -0.39 is 0 Å². The van der Waals surface area contributed by atoms with Gasteiger partial charge in [-0.15, -0.1) is 0 Å². The standard InChI is InChI=1S/C13H20ClNO.C13H17N3O2S/c1-5-10(4)11-6-12(14)13(15-7-11)16-8-9(2)3;1-7-5-12(17)11(6-10(7)8(2)14)13(15)16-19-18-9-3-4-9/h6-7,9-10H,5,8H2,1-4H3;5-6,9,14,17H,3-4H2,1-2H3,(H2,15,16). The van der Waals surface area contributed by atoms with Gasteiger partial charge in [0.05, 0.1) is 18.3 Å². The molecule has 0 amide bonds. The Bertz CT molecular complexity index is 1040. The van der Waals surface area contributed by atoms with E-state index in [2.05, 4.69) is 37.1 Å². The van der Waals surface area contributed by atoms with Crippen LogP contribution in [0.4, 0.5) is 0 Å². The molecule has 1 heterocycles. The fourth-order valence-corrected chi connectivity index (χ4v) is 3.70. The minimum Gasteiger partial charge on any atom is -0.507 e. The number of hydrogen-bond donors (Lipinski definition) is 3. The average molecular weight is 521 g/mol. The topological polar surface area (TPSA) is 114 Å². The minimum absolute atomic E-state index is 0.0655. The number of aryl methyl sites for hydroxylation is 1. The van der Waals surface area contributed by atoms with E-state index in [-0.39, 0.29) is 17.7 Å². The fraction of sp³-hybridized carbons (Fsp3) is 0.500. The van der Waals surface area contributed by atoms with Crippen LogP contribution in [0.1, 0.15) is 82.1 Å². The van der Waals surface area contributed by atoms with Crippen LogP contribution in [0.15, 0.2) is 28.8 Å². The van der Waals surface area contributed by atoms with Crippen LogP contribution in [0.3, 0.4) is 0 Å². The van der Waals surface area contributed by atoms with Gasteiger partial charge in [-0.3, -0.25) is 4.18 Å². The van der Waals surface area contributed by atoms with Crippen LogP contribution in [0.2, 0.25) is 5.02 Å². The molecule has 192 valence electrons. The molecule has 1 aromatic heterocycles. The van der Waals surface area contributed by atoms with E-state index >= 15 is 0 Å². The van der Waals surface area contributed by atoms with E-state index in [0.717, 1.165) is 42.6 Å². The molecule has 35 heavy (non-hydrogen) atoms. The molecule has 1 saturated carbocycles. The zero-order valence-electron chi connectivity index (χ0n) is 21.4. The summed E-state index contributed by atoms with van der Waals surface area (Å²) in [5, 5.41) is 18.2. The zero-order valence-corrected chi connectivity index (χ0v) is 23.0. The number of nitrogens with two attached hydrogens (primary N) is 1. The number of nitrogens with zero attached hydrogens (tertiary/aromatic N) is 2. The summed E-state index contributed by atoms with van der Waals surface area (Å²) in [5.41, 5.74) is 9.45. The van der Waals surface area contributed by atoms with Crippen LogP contribution >= 0.6 is 23.8 Å². The van der Waals surface area contributed by atoms with E-state index in [1.54, 1.807) is 19.1 Å². The molecule has 1 aromatic carbocycles. The van der Waals surface area contributed by atoms with Gasteiger partial charge in [-0.2, -0.15) is 4.40 Å². The van der Waals surface area contributed by atoms with Crippen LogP contribution in [0, 0.1) is 18.3 Å². The summed E-state index contributed by atoms with van der Waals surface area (Å²) >= 11 is 7.08. The molecule has 1 fully saturated rings. The number of nitrogens with one attached hydrogen (secondary N) is 1. The molecule has 4 N–H and O–H groups in total. The maximum Gasteiger partial charge on any atom is 0.232 e. The first kappa shape index (κ1) is 28.9. The molecule has 0 radical (unpaired) electrons. The highest BCUT2D eigenvalue weighted by molar-refractivity contribution is 7.93. The highest BCUT2D eigenvalue weighted by Crippen LogP contribution is 2.30. The Morgan fingerprint density at radius 1 is 1.29 bits per heavy atom. The first-order chi connectivity index (χ1) is 16.5. The number of rotatable bonds is 10. The second-order valence-corrected chi connectivity index (χ2v) is 10.2. The average Bonchev–Trinajstić information content (AvgIpc) is 3.62. The summed E-state index contributed by atoms with van der Waals surface area (Å²) < 4.78 is 14.9. The second-order valence-electron chi connectivity index (χ2n) is 9.23. The lowest BCUT2D eigenvalue weighted by Gasteiger charge is -2.12. The lowest BCUT2D eigenvalue weighted by molar-refractivity contribution is 0.261. The van der Waals surface area contributed by atoms with Gasteiger partial charge in [-0.25, -0.2) is 4.98 Å². The molecule has 0 aliphatic heterocycles. The lowest BCUT2D eigenvalue weighted by Crippen LogP contribution is -2.14. The largest absolute Gasteiger partial charge is 0.507 e. The summed E-state index contributed by atoms with van der Waals surface area (Å²) in [6.07, 6.45) is 5.36. The summed E-state index contributed by atoms with van der Waals surface area (Å²) in [5.74, 6) is 1.78. The Kier molecular flexibility index (Phi) is 11.3. The van der Waals surface area contributed by atoms with Gasteiger partial charge < -0.3 is 21.0 Å². The number of pyridine rings is 1. The Hall–Kier alpha value is -2.29. The van der Waals surface area contributed by atoms with Crippen LogP contribution < -0.4 is 10.5 Å². The molecule has 0 spiro atoms. The molecule has 7 nitrogen and oxygen atoms in total. The van der Waals surface area contributed by atoms with Gasteiger partial charge in [0.15, 0.2) is 0 Å². The van der Waals surface area contributed by atoms with Crippen LogP contribution in [-0.4, -0.2) is 34.3 Å². The highest BCUT2D eigenvalue weighted by atomic mass is 35.5. The summed E-state index contributed by atoms with van der Waals surface area (Å²) in [6, 6.07) is 5.24. The van der Waals surface area contributed by atoms with E-state index in [1.807, 2.05) is 19.2 Å². The van der Waals surface area contributed by atoms with E-state index in [9.17, 15) is 5.11 Å². The van der Waals surface area contributed by atoms with Gasteiger partial charge in [-0.1, -0.05) is 39.3 Å². The maximum atomic E-state index is 9.91. The van der Waals surface area contributed by atoms with Gasteiger partial charge in [0, 0.05) is 11.9 Å². The number of benzene rings is 1. The predicted octanol–water partition coefficient (Wildman–Crippen LogP) is 6.82. The molecular weight excluding hydrogens is 484 g/mol. The monoisotopic (exact) mass is 520 g/mol. The molecule has 1 aliphatic carbocycles. The number of phenolic OH excluding ortho intramolecular Hbond substituents is 1. The molecule has 0 saturated heterocycles. The number of ether oxygens (including phenoxy) is 1. The van der Waals surface area contributed by atoms with Crippen molar-refractivity contribution in [1.82, 2.24) is 4.98 Å². The van der Waals surface area contributed by atoms with Crippen molar-refractivity contribution in [2.75, 3.05) is 6.61 Å². The molecule has 0 bridgehead atoms. The van der Waals surface area contributed by atoms with Crippen molar-refractivity contribution in [3.8, 4) is 11.6 Å². The number of phenols is 1. The third-order valence-electron chi connectivity index (χ3n) is 5.43. The zero-order chi connectivity index (χ0) is 26.1. The number of aromatic nitrogens is 1. The van der Waals surface area contributed by atoms with Crippen molar-refractivity contribution in [3.05, 3.63) is 51.7 Å². The van der Waals surface area contributed by atoms with E-state index in [0.29, 0.717) is 40.6 Å². The van der Waals surface area contributed by atoms with Crippen molar-refractivity contribution in [3.63, 3.8) is 0 Å². The Morgan fingerprint density at radius 2 is 1.97 bits per heavy atom. The third-order valence-corrected chi connectivity index (χ3v) is 6.33. The first-order valence-electron chi connectivity index (χ1n) is 11.9. The lowest BCUT2D eigenvalue weighted by atomic mass is 10.0. The first-order valence-corrected chi connectivity index (χ1v) is 12.9. The number of amidine groups is 1. The molecular formula is C26H37ClN4O3S.